The van der Waals surface area contributed by atoms with Gasteiger partial charge in [0.25, 0.3) is 6.47 Å². The molecule has 2 aliphatic rings. The van der Waals surface area contributed by atoms with Crippen LogP contribution < -0.4 is 123 Å². The fraction of sp³-hybridized carbons (Fsp3) is 0.296. The number of hydrogen-bond acceptors (Lipinski definition) is 7. The molecule has 9 nitrogen and oxygen atoms in total. The van der Waals surface area contributed by atoms with Crippen LogP contribution in [0.15, 0.2) is 60.7 Å². The molecular formula is C27H33ClK2N2O7. The van der Waals surface area contributed by atoms with E-state index in [0.29, 0.717) is 25.3 Å². The molecule has 2 aliphatic heterocycles. The van der Waals surface area contributed by atoms with Crippen molar-refractivity contribution in [3.05, 3.63) is 71.8 Å². The third-order valence-corrected chi connectivity index (χ3v) is 5.17. The molecule has 0 saturated heterocycles. The Balaban J connectivity index is -0.000000507. The van der Waals surface area contributed by atoms with Crippen LogP contribution in [0, 0.1) is 0 Å². The zero-order valence-corrected chi connectivity index (χ0v) is 30.0. The number of alkyl halides is 1. The number of allylic oxidation sites excluding steroid dienone is 1. The summed E-state index contributed by atoms with van der Waals surface area (Å²) in [4.78, 5) is 33.4. The quantitative estimate of drug-likeness (QED) is 0.0688. The number of aromatic hydroxyl groups is 1. The standard InChI is InChI=1S/C13H15NO2.C9H9NO2.C4H7Cl.CH2O3.2K.H/c1-9(2)8-16-11-4-5-12-10(7-11)3-6-13(15)14-12;11-7-2-3-8-6(5-7)1-4-9(12)10-8;1-4(2)3-5;2-1-4-3;;;/h4-5,7H,1,3,6,8H2,2H3,(H,14,15);2-3,5,11H,1,4H2,(H,10,12);1,3H2,2H3;1,3H;;;/q;;;;2*+1;-1/p-1. The van der Waals surface area contributed by atoms with E-state index in [9.17, 15) is 9.59 Å². The molecule has 39 heavy (non-hydrogen) atoms. The Morgan fingerprint density at radius 3 is 1.87 bits per heavy atom. The number of phenolic OH excluding ortho intramolecular Hbond substituents is 1. The first-order valence-corrected chi connectivity index (χ1v) is 11.9. The Morgan fingerprint density at radius 1 is 0.974 bits per heavy atom. The summed E-state index contributed by atoms with van der Waals surface area (Å²) in [6.45, 7) is 11.5. The summed E-state index contributed by atoms with van der Waals surface area (Å²) in [5, 5.41) is 23.1. The summed E-state index contributed by atoms with van der Waals surface area (Å²) < 4.78 is 5.55. The zero-order valence-electron chi connectivity index (χ0n) is 24.0. The Kier molecular flexibility index (Phi) is 24.0. The summed E-state index contributed by atoms with van der Waals surface area (Å²) in [7, 11) is 0. The minimum absolute atomic E-state index is 0. The Morgan fingerprint density at radius 2 is 1.44 bits per heavy atom. The van der Waals surface area contributed by atoms with Gasteiger partial charge >= 0.3 is 103 Å². The first kappa shape index (κ1) is 40.6. The Hall–Kier alpha value is -0.547. The van der Waals surface area contributed by atoms with Gasteiger partial charge < -0.3 is 32.0 Å². The maximum absolute atomic E-state index is 11.2. The first-order valence-electron chi connectivity index (χ1n) is 11.3. The van der Waals surface area contributed by atoms with E-state index < -0.39 is 0 Å². The van der Waals surface area contributed by atoms with Crippen molar-refractivity contribution in [3.8, 4) is 11.5 Å². The predicted molar refractivity (Wildman–Crippen MR) is 143 cm³/mol. The van der Waals surface area contributed by atoms with Crippen LogP contribution in [0.1, 0.15) is 39.2 Å². The Bertz CT molecular complexity index is 1120. The van der Waals surface area contributed by atoms with Crippen LogP contribution >= 0.6 is 11.6 Å². The second-order valence-corrected chi connectivity index (χ2v) is 8.55. The van der Waals surface area contributed by atoms with Gasteiger partial charge in [0.1, 0.15) is 18.1 Å². The third kappa shape index (κ3) is 17.8. The molecule has 0 aromatic heterocycles. The van der Waals surface area contributed by atoms with Crippen molar-refractivity contribution < 1.29 is 139 Å². The largest absolute Gasteiger partial charge is 1.00 e. The molecule has 0 saturated carbocycles. The number of anilines is 2. The summed E-state index contributed by atoms with van der Waals surface area (Å²) >= 11 is 5.24. The summed E-state index contributed by atoms with van der Waals surface area (Å²) in [6, 6.07) is 10.7. The van der Waals surface area contributed by atoms with Gasteiger partial charge in [0.05, 0.1) is 0 Å². The molecule has 0 radical (unpaired) electrons. The number of carbonyl (C=O) groups is 3. The second-order valence-electron chi connectivity index (χ2n) is 8.29. The van der Waals surface area contributed by atoms with Gasteiger partial charge in [0, 0.05) is 30.1 Å². The number of benzene rings is 2. The molecule has 0 unspecified atom stereocenters. The molecular weight excluding hydrogens is 578 g/mol. The van der Waals surface area contributed by atoms with Gasteiger partial charge in [-0.2, -0.15) is 0 Å². The van der Waals surface area contributed by atoms with Crippen LogP contribution in [0.5, 0.6) is 11.5 Å². The summed E-state index contributed by atoms with van der Waals surface area (Å²) in [5.41, 5.74) is 5.88. The van der Waals surface area contributed by atoms with E-state index in [1.54, 1.807) is 18.2 Å². The van der Waals surface area contributed by atoms with Gasteiger partial charge in [0.15, 0.2) is 0 Å². The number of halogens is 1. The van der Waals surface area contributed by atoms with Gasteiger partial charge in [-0.3, -0.25) is 14.4 Å². The number of hydrogen-bond donors (Lipinski definition) is 3. The van der Waals surface area contributed by atoms with E-state index in [-0.39, 0.29) is 128 Å². The van der Waals surface area contributed by atoms with Gasteiger partial charge in [-0.1, -0.05) is 18.7 Å². The monoisotopic (exact) mass is 610 g/mol. The van der Waals surface area contributed by atoms with Crippen LogP contribution in [-0.4, -0.2) is 35.9 Å². The van der Waals surface area contributed by atoms with Crippen molar-refractivity contribution in [2.45, 2.75) is 39.5 Å². The average molecular weight is 611 g/mol. The molecule has 2 aromatic carbocycles. The molecule has 0 bridgehead atoms. The number of nitrogens with one attached hydrogen (secondary N) is 2. The number of rotatable bonds is 5. The van der Waals surface area contributed by atoms with Crippen molar-refractivity contribution in [2.75, 3.05) is 23.1 Å². The van der Waals surface area contributed by atoms with Crippen molar-refractivity contribution in [2.24, 2.45) is 0 Å². The molecule has 3 N–H and O–H groups in total. The number of phenols is 1. The van der Waals surface area contributed by atoms with Crippen molar-refractivity contribution in [3.63, 3.8) is 0 Å². The molecule has 0 spiro atoms. The van der Waals surface area contributed by atoms with Crippen LogP contribution in [0.3, 0.4) is 0 Å². The number of amides is 2. The normalized spacial score (nSPS) is 11.9. The molecule has 0 atom stereocenters. The van der Waals surface area contributed by atoms with Gasteiger partial charge in [-0.25, -0.2) is 0 Å². The van der Waals surface area contributed by atoms with E-state index in [0.717, 1.165) is 52.2 Å². The number of carbonyl (C=O) groups excluding carboxylic acids is 3. The van der Waals surface area contributed by atoms with Gasteiger partial charge in [-0.05, 0) is 79.8 Å². The van der Waals surface area contributed by atoms with Crippen molar-refractivity contribution in [1.82, 2.24) is 0 Å². The minimum atomic E-state index is -0.181. The number of aryl methyl sites for hydroxylation is 2. The van der Waals surface area contributed by atoms with E-state index >= 15 is 0 Å². The molecule has 2 heterocycles. The summed E-state index contributed by atoms with van der Waals surface area (Å²) in [5.74, 6) is 1.80. The molecule has 0 aliphatic carbocycles. The fourth-order valence-corrected chi connectivity index (χ4v) is 3.03. The molecule has 4 rings (SSSR count). The SMILES string of the molecule is C=C(C)CCl.C=C(C)COc1ccc2c(c1)CCC(=O)N2.O=C1CCc2cc(O)ccc2N1.O=CO[O-].[H-].[K+].[K+]. The summed E-state index contributed by atoms with van der Waals surface area (Å²) in [6.07, 6.45) is 2.56. The first-order chi connectivity index (χ1) is 17.6. The van der Waals surface area contributed by atoms with Crippen LogP contribution in [0.2, 0.25) is 0 Å². The fourth-order valence-electron chi connectivity index (χ4n) is 3.03. The van der Waals surface area contributed by atoms with Crippen LogP contribution in [-0.2, 0) is 32.1 Å². The van der Waals surface area contributed by atoms with E-state index in [4.69, 9.17) is 31.5 Å². The molecule has 202 valence electrons. The van der Waals surface area contributed by atoms with Crippen LogP contribution in [0.4, 0.5) is 11.4 Å². The Labute approximate surface area is 321 Å². The van der Waals surface area contributed by atoms with E-state index in [1.165, 1.54) is 0 Å². The second kappa shape index (κ2) is 23.1. The smallest absolute Gasteiger partial charge is 1.00 e. The average Bonchev–Trinajstić information content (AvgIpc) is 2.88. The van der Waals surface area contributed by atoms with Crippen molar-refractivity contribution in [1.29, 1.82) is 0 Å². The third-order valence-electron chi connectivity index (χ3n) is 4.71. The number of ether oxygens (including phenoxy) is 1. The molecule has 12 heteroatoms. The number of fused-ring (bicyclic) bond motifs is 2. The maximum atomic E-state index is 11.2. The predicted octanol–water partition coefficient (Wildman–Crippen LogP) is -1.84. The molecule has 2 aromatic rings. The van der Waals surface area contributed by atoms with Gasteiger partial charge in [0.2, 0.25) is 11.8 Å². The van der Waals surface area contributed by atoms with E-state index in [1.807, 2.05) is 32.0 Å². The van der Waals surface area contributed by atoms with Gasteiger partial charge in [-0.15, -0.1) is 11.6 Å². The van der Waals surface area contributed by atoms with Crippen LogP contribution in [0.25, 0.3) is 0 Å². The maximum Gasteiger partial charge on any atom is 1.00 e. The minimum Gasteiger partial charge on any atom is -1.00 e. The van der Waals surface area contributed by atoms with Crippen molar-refractivity contribution >= 4 is 41.3 Å². The molecule has 2 amide bonds. The zero-order chi connectivity index (χ0) is 27.8. The van der Waals surface area contributed by atoms with E-state index in [2.05, 4.69) is 28.7 Å². The topological polar surface area (TPSA) is 137 Å². The molecule has 0 fully saturated rings.